The average molecular weight is 378 g/mol. The predicted octanol–water partition coefficient (Wildman–Crippen LogP) is 4.36. The van der Waals surface area contributed by atoms with Crippen molar-refractivity contribution in [2.45, 2.75) is 6.92 Å². The third kappa shape index (κ3) is 5.31. The van der Waals surface area contributed by atoms with Crippen molar-refractivity contribution in [3.63, 3.8) is 0 Å². The maximum absolute atomic E-state index is 12.4. The third-order valence-electron chi connectivity index (χ3n) is 3.28. The number of rotatable bonds is 5. The summed E-state index contributed by atoms with van der Waals surface area (Å²) in [6.07, 6.45) is 0. The second kappa shape index (κ2) is 8.14. The van der Waals surface area contributed by atoms with E-state index in [1.807, 2.05) is 31.1 Å². The molecule has 0 atom stereocenters. The molecular weight excluding hydrogens is 361 g/mol. The Morgan fingerprint density at radius 1 is 1.00 bits per heavy atom. The number of halogens is 2. The average Bonchev–Trinajstić information content (AvgIpc) is 2.51. The molecular formula is C18H17Cl2N3O2. The van der Waals surface area contributed by atoms with Gasteiger partial charge in [0.05, 0.1) is 5.69 Å². The van der Waals surface area contributed by atoms with Crippen LogP contribution in [0.2, 0.25) is 10.0 Å². The molecule has 25 heavy (non-hydrogen) atoms. The van der Waals surface area contributed by atoms with Crippen molar-refractivity contribution in [3.05, 3.63) is 52.5 Å². The van der Waals surface area contributed by atoms with Crippen LogP contribution in [0.5, 0.6) is 0 Å². The predicted molar refractivity (Wildman–Crippen MR) is 104 cm³/mol. The lowest BCUT2D eigenvalue weighted by molar-refractivity contribution is -0.114. The molecule has 0 aliphatic carbocycles. The summed E-state index contributed by atoms with van der Waals surface area (Å²) in [4.78, 5) is 30.3. The van der Waals surface area contributed by atoms with E-state index in [4.69, 9.17) is 23.2 Å². The Kier molecular flexibility index (Phi) is 6.17. The molecule has 5 nitrogen and oxygen atoms in total. The van der Waals surface area contributed by atoms with Gasteiger partial charge in [-0.3, -0.25) is 9.59 Å². The van der Waals surface area contributed by atoms with Gasteiger partial charge in [0.2, 0.25) is 0 Å². The number of benzene rings is 2. The molecule has 0 spiro atoms. The van der Waals surface area contributed by atoms with Crippen LogP contribution < -0.4 is 10.2 Å². The summed E-state index contributed by atoms with van der Waals surface area (Å²) < 4.78 is 0. The SMILES string of the molecule is CC(=O)C(=Nc1ccc(N(C)C)cc1)C(=O)Nc1cc(Cl)cc(Cl)c1. The largest absolute Gasteiger partial charge is 0.378 e. The van der Waals surface area contributed by atoms with Crippen molar-refractivity contribution in [3.8, 4) is 0 Å². The van der Waals surface area contributed by atoms with Gasteiger partial charge in [0, 0.05) is 42.4 Å². The number of aliphatic imine (C=N–C) groups is 1. The fourth-order valence-corrected chi connectivity index (χ4v) is 2.59. The fourth-order valence-electron chi connectivity index (χ4n) is 2.06. The van der Waals surface area contributed by atoms with Crippen LogP contribution >= 0.6 is 23.2 Å². The topological polar surface area (TPSA) is 61.8 Å². The zero-order valence-electron chi connectivity index (χ0n) is 14.0. The normalized spacial score (nSPS) is 11.2. The van der Waals surface area contributed by atoms with E-state index in [-0.39, 0.29) is 5.71 Å². The van der Waals surface area contributed by atoms with Gasteiger partial charge in [-0.2, -0.15) is 0 Å². The Labute approximate surface area is 156 Å². The van der Waals surface area contributed by atoms with E-state index in [1.165, 1.54) is 19.1 Å². The molecule has 1 amide bonds. The smallest absolute Gasteiger partial charge is 0.277 e. The molecule has 0 radical (unpaired) electrons. The van der Waals surface area contributed by atoms with Crippen LogP contribution in [0.1, 0.15) is 6.92 Å². The number of hydrogen-bond acceptors (Lipinski definition) is 4. The summed E-state index contributed by atoms with van der Waals surface area (Å²) in [5.41, 5.74) is 1.68. The Hall–Kier alpha value is -2.37. The molecule has 0 heterocycles. The number of nitrogens with one attached hydrogen (secondary N) is 1. The minimum absolute atomic E-state index is 0.200. The molecule has 0 aliphatic rings. The number of carbonyl (C=O) groups is 2. The zero-order valence-corrected chi connectivity index (χ0v) is 15.5. The van der Waals surface area contributed by atoms with Gasteiger partial charge in [-0.05, 0) is 42.5 Å². The minimum Gasteiger partial charge on any atom is -0.378 e. The summed E-state index contributed by atoms with van der Waals surface area (Å²) in [5, 5.41) is 3.34. The standard InChI is InChI=1S/C18H17Cl2N3O2/c1-11(24)17(21-14-4-6-16(7-5-14)23(2)3)18(25)22-15-9-12(19)8-13(20)10-15/h4-10H,1-3H3,(H,22,25). The summed E-state index contributed by atoms with van der Waals surface area (Å²) in [6.45, 7) is 1.29. The van der Waals surface area contributed by atoms with Crippen LogP contribution in [0.4, 0.5) is 17.1 Å². The highest BCUT2D eigenvalue weighted by Crippen LogP contribution is 2.23. The summed E-state index contributed by atoms with van der Waals surface area (Å²) in [7, 11) is 3.84. The van der Waals surface area contributed by atoms with Crippen LogP contribution in [0, 0.1) is 0 Å². The van der Waals surface area contributed by atoms with Gasteiger partial charge < -0.3 is 10.2 Å². The number of ketones is 1. The van der Waals surface area contributed by atoms with Crippen molar-refractivity contribution in [2.75, 3.05) is 24.3 Å². The number of amides is 1. The molecule has 0 unspecified atom stereocenters. The minimum atomic E-state index is -0.623. The lowest BCUT2D eigenvalue weighted by Crippen LogP contribution is -2.28. The first-order chi connectivity index (χ1) is 11.8. The Morgan fingerprint density at radius 2 is 1.56 bits per heavy atom. The third-order valence-corrected chi connectivity index (χ3v) is 3.71. The lowest BCUT2D eigenvalue weighted by atomic mass is 10.2. The fraction of sp³-hybridized carbons (Fsp3) is 0.167. The molecule has 0 aromatic heterocycles. The van der Waals surface area contributed by atoms with Crippen molar-refractivity contribution < 1.29 is 9.59 Å². The van der Waals surface area contributed by atoms with Crippen LogP contribution in [-0.2, 0) is 9.59 Å². The molecule has 1 N–H and O–H groups in total. The zero-order chi connectivity index (χ0) is 18.6. The molecule has 0 bridgehead atoms. The van der Waals surface area contributed by atoms with E-state index >= 15 is 0 Å². The highest BCUT2D eigenvalue weighted by Gasteiger charge is 2.17. The monoisotopic (exact) mass is 377 g/mol. The Bertz CT molecular complexity index is 810. The van der Waals surface area contributed by atoms with Crippen molar-refractivity contribution in [1.29, 1.82) is 0 Å². The van der Waals surface area contributed by atoms with Gasteiger partial charge in [0.25, 0.3) is 5.91 Å². The van der Waals surface area contributed by atoms with E-state index in [0.717, 1.165) is 5.69 Å². The van der Waals surface area contributed by atoms with E-state index in [0.29, 0.717) is 21.4 Å². The van der Waals surface area contributed by atoms with Gasteiger partial charge in [-0.1, -0.05) is 23.2 Å². The van der Waals surface area contributed by atoms with E-state index < -0.39 is 11.7 Å². The van der Waals surface area contributed by atoms with Crippen LogP contribution in [0.3, 0.4) is 0 Å². The molecule has 0 saturated carbocycles. The maximum Gasteiger partial charge on any atom is 0.277 e. The van der Waals surface area contributed by atoms with Crippen molar-refractivity contribution in [2.24, 2.45) is 4.99 Å². The number of anilines is 2. The van der Waals surface area contributed by atoms with Crippen molar-refractivity contribution >= 4 is 57.7 Å². The van der Waals surface area contributed by atoms with Crippen LogP contribution in [-0.4, -0.2) is 31.5 Å². The molecule has 130 valence electrons. The number of carbonyl (C=O) groups excluding carboxylic acids is 2. The quantitative estimate of drug-likeness (QED) is 0.621. The molecule has 2 aromatic carbocycles. The second-order valence-electron chi connectivity index (χ2n) is 5.54. The van der Waals surface area contributed by atoms with Crippen LogP contribution in [0.15, 0.2) is 47.5 Å². The first kappa shape index (κ1) is 19.0. The first-order valence-corrected chi connectivity index (χ1v) is 8.16. The lowest BCUT2D eigenvalue weighted by Gasteiger charge is -2.12. The summed E-state index contributed by atoms with van der Waals surface area (Å²) in [5.74, 6) is -1.06. The van der Waals surface area contributed by atoms with Gasteiger partial charge in [-0.25, -0.2) is 4.99 Å². The number of nitrogens with zero attached hydrogens (tertiary/aromatic N) is 2. The second-order valence-corrected chi connectivity index (χ2v) is 6.41. The van der Waals surface area contributed by atoms with Gasteiger partial charge in [0.1, 0.15) is 0 Å². The molecule has 2 rings (SSSR count). The molecule has 0 fully saturated rings. The molecule has 2 aromatic rings. The van der Waals surface area contributed by atoms with E-state index in [1.54, 1.807) is 18.2 Å². The highest BCUT2D eigenvalue weighted by atomic mass is 35.5. The van der Waals surface area contributed by atoms with Gasteiger partial charge in [-0.15, -0.1) is 0 Å². The first-order valence-electron chi connectivity index (χ1n) is 7.40. The summed E-state index contributed by atoms with van der Waals surface area (Å²) >= 11 is 11.8. The molecule has 7 heteroatoms. The van der Waals surface area contributed by atoms with E-state index in [2.05, 4.69) is 10.3 Å². The van der Waals surface area contributed by atoms with Crippen molar-refractivity contribution in [1.82, 2.24) is 0 Å². The molecule has 0 aliphatic heterocycles. The number of Topliss-reactive ketones (excluding diaryl/α,β-unsaturated/α-hetero) is 1. The highest BCUT2D eigenvalue weighted by molar-refractivity contribution is 6.67. The Morgan fingerprint density at radius 3 is 2.04 bits per heavy atom. The Balaban J connectivity index is 2.27. The number of hydrogen-bond donors (Lipinski definition) is 1. The van der Waals surface area contributed by atoms with Gasteiger partial charge in [0.15, 0.2) is 11.5 Å². The summed E-state index contributed by atoms with van der Waals surface area (Å²) in [6, 6.07) is 11.8. The van der Waals surface area contributed by atoms with Crippen LogP contribution in [0.25, 0.3) is 0 Å². The van der Waals surface area contributed by atoms with Gasteiger partial charge >= 0.3 is 0 Å². The van der Waals surface area contributed by atoms with E-state index in [9.17, 15) is 9.59 Å². The molecule has 0 saturated heterocycles. The maximum atomic E-state index is 12.4.